The summed E-state index contributed by atoms with van der Waals surface area (Å²) in [4.78, 5) is 10.8. The molecule has 2 aromatic carbocycles. The molecule has 0 fully saturated rings. The molecule has 3 N–H and O–H groups in total. The maximum absolute atomic E-state index is 12.0. The minimum atomic E-state index is -3.45. The highest BCUT2D eigenvalue weighted by atomic mass is 32.2. The maximum Gasteiger partial charge on any atom is 0.243 e. The van der Waals surface area contributed by atoms with Gasteiger partial charge in [0.25, 0.3) is 0 Å². The second-order valence-corrected chi connectivity index (χ2v) is 6.82. The highest BCUT2D eigenvalue weighted by Crippen LogP contribution is 2.19. The summed E-state index contributed by atoms with van der Waals surface area (Å²) in [5.74, 6) is -0.585. The molecule has 2 rings (SSSR count). The average Bonchev–Trinajstić information content (AvgIpc) is 2.50. The van der Waals surface area contributed by atoms with E-state index in [9.17, 15) is 13.2 Å². The molecule has 0 saturated carbocycles. The number of fused-ring (bicyclic) bond motifs is 1. The van der Waals surface area contributed by atoms with E-state index >= 15 is 0 Å². The van der Waals surface area contributed by atoms with Crippen molar-refractivity contribution in [2.75, 3.05) is 10.5 Å². The molecule has 0 aliphatic rings. The minimum absolute atomic E-state index is 0.0709. The van der Waals surface area contributed by atoms with E-state index in [0.29, 0.717) is 18.5 Å². The first-order valence-electron chi connectivity index (χ1n) is 6.92. The number of carbonyl (C=O) groups excluding carboxylic acids is 1. The molecule has 0 radical (unpaired) electrons. The number of nitrogens with one attached hydrogen (secondary N) is 2. The third-order valence-corrected chi connectivity index (χ3v) is 4.59. The topological polar surface area (TPSA) is 95.5 Å². The van der Waals surface area contributed by atoms with E-state index in [-0.39, 0.29) is 12.2 Å². The van der Waals surface area contributed by atoms with Crippen LogP contribution in [-0.2, 0) is 14.8 Å². The van der Waals surface area contributed by atoms with Gasteiger partial charge < -0.3 is 0 Å². The van der Waals surface area contributed by atoms with Crippen molar-refractivity contribution < 1.29 is 18.4 Å². The largest absolute Gasteiger partial charge is 0.289 e. The van der Waals surface area contributed by atoms with Crippen LogP contribution in [0.5, 0.6) is 0 Å². The molecule has 0 bridgehead atoms. The van der Waals surface area contributed by atoms with Crippen LogP contribution >= 0.6 is 0 Å². The standard InChI is InChI=1S/C15H18N2O4S/c18-15(16-19)7-3-4-10-22(20,21)17-14-9-8-12-5-1-2-6-13(12)11-14/h1-2,5-6,8-9,11,17,19H,3-4,7,10H2,(H,16,18). The van der Waals surface area contributed by atoms with Crippen LogP contribution < -0.4 is 10.2 Å². The zero-order valence-corrected chi connectivity index (χ0v) is 12.8. The molecule has 0 spiro atoms. The van der Waals surface area contributed by atoms with Gasteiger partial charge >= 0.3 is 0 Å². The predicted molar refractivity (Wildman–Crippen MR) is 85.1 cm³/mol. The first kappa shape index (κ1) is 16.3. The molecule has 118 valence electrons. The Bertz CT molecular complexity index is 759. The molecule has 22 heavy (non-hydrogen) atoms. The first-order chi connectivity index (χ1) is 10.5. The second-order valence-electron chi connectivity index (χ2n) is 4.97. The lowest BCUT2D eigenvalue weighted by Crippen LogP contribution is -2.19. The van der Waals surface area contributed by atoms with Gasteiger partial charge in [0.05, 0.1) is 5.75 Å². The Balaban J connectivity index is 1.93. The summed E-state index contributed by atoms with van der Waals surface area (Å²) in [7, 11) is -3.45. The highest BCUT2D eigenvalue weighted by Gasteiger charge is 2.11. The minimum Gasteiger partial charge on any atom is -0.289 e. The van der Waals surface area contributed by atoms with Gasteiger partial charge in [-0.15, -0.1) is 0 Å². The summed E-state index contributed by atoms with van der Waals surface area (Å²) in [5, 5.41) is 10.3. The molecule has 0 atom stereocenters. The zero-order chi connectivity index (χ0) is 16.0. The lowest BCUT2D eigenvalue weighted by atomic mass is 10.1. The number of hydroxylamine groups is 1. The molecule has 2 aromatic rings. The Kier molecular flexibility index (Phi) is 5.35. The molecule has 0 heterocycles. The molecule has 1 amide bonds. The van der Waals surface area contributed by atoms with Crippen LogP contribution in [-0.4, -0.2) is 25.3 Å². The van der Waals surface area contributed by atoms with Crippen molar-refractivity contribution in [3.05, 3.63) is 42.5 Å². The molecule has 7 heteroatoms. The molecule has 0 saturated heterocycles. The summed E-state index contributed by atoms with van der Waals surface area (Å²) in [6.07, 6.45) is 0.837. The first-order valence-corrected chi connectivity index (χ1v) is 8.58. The number of rotatable bonds is 7. The fourth-order valence-electron chi connectivity index (χ4n) is 2.12. The fraction of sp³-hybridized carbons (Fsp3) is 0.267. The van der Waals surface area contributed by atoms with Crippen molar-refractivity contribution in [2.45, 2.75) is 19.3 Å². The second kappa shape index (κ2) is 7.24. The van der Waals surface area contributed by atoms with Gasteiger partial charge in [-0.1, -0.05) is 30.3 Å². The summed E-state index contributed by atoms with van der Waals surface area (Å²) in [5.41, 5.74) is 2.04. The molecule has 0 aromatic heterocycles. The number of unbranched alkanes of at least 4 members (excludes halogenated alkanes) is 1. The lowest BCUT2D eigenvalue weighted by molar-refractivity contribution is -0.129. The van der Waals surface area contributed by atoms with E-state index in [1.54, 1.807) is 12.1 Å². The number of sulfonamides is 1. The van der Waals surface area contributed by atoms with Gasteiger partial charge in [-0.25, -0.2) is 13.9 Å². The van der Waals surface area contributed by atoms with E-state index < -0.39 is 15.9 Å². The van der Waals surface area contributed by atoms with Gasteiger partial charge in [-0.05, 0) is 35.7 Å². The molecule has 0 unspecified atom stereocenters. The third kappa shape index (κ3) is 4.71. The Morgan fingerprint density at radius 3 is 2.50 bits per heavy atom. The van der Waals surface area contributed by atoms with E-state index in [2.05, 4.69) is 4.72 Å². The SMILES string of the molecule is O=C(CCCCS(=O)(=O)Nc1ccc2ccccc2c1)NO. The van der Waals surface area contributed by atoms with E-state index in [1.165, 1.54) is 5.48 Å². The molecular weight excluding hydrogens is 304 g/mol. The van der Waals surface area contributed by atoms with Gasteiger partial charge in [0.1, 0.15) is 0 Å². The van der Waals surface area contributed by atoms with Crippen LogP contribution in [0.2, 0.25) is 0 Å². The fourth-order valence-corrected chi connectivity index (χ4v) is 3.29. The number of benzene rings is 2. The quantitative estimate of drug-likeness (QED) is 0.414. The van der Waals surface area contributed by atoms with Crippen molar-refractivity contribution in [2.24, 2.45) is 0 Å². The maximum atomic E-state index is 12.0. The van der Waals surface area contributed by atoms with Gasteiger partial charge in [0, 0.05) is 12.1 Å². The van der Waals surface area contributed by atoms with Crippen molar-refractivity contribution in [3.8, 4) is 0 Å². The monoisotopic (exact) mass is 322 g/mol. The Morgan fingerprint density at radius 1 is 1.05 bits per heavy atom. The number of hydrogen-bond acceptors (Lipinski definition) is 4. The lowest BCUT2D eigenvalue weighted by Gasteiger charge is -2.09. The third-order valence-electron chi connectivity index (χ3n) is 3.21. The van der Waals surface area contributed by atoms with Crippen LogP contribution in [0.15, 0.2) is 42.5 Å². The van der Waals surface area contributed by atoms with Gasteiger partial charge in [0.15, 0.2) is 0 Å². The average molecular weight is 322 g/mol. The van der Waals surface area contributed by atoms with E-state index in [0.717, 1.165) is 10.8 Å². The Labute approximate surface area is 129 Å². The van der Waals surface area contributed by atoms with Crippen molar-refractivity contribution in [1.82, 2.24) is 5.48 Å². The molecule has 6 nitrogen and oxygen atoms in total. The Morgan fingerprint density at radius 2 is 1.77 bits per heavy atom. The Hall–Kier alpha value is -2.12. The van der Waals surface area contributed by atoms with Crippen LogP contribution in [0.4, 0.5) is 5.69 Å². The summed E-state index contributed by atoms with van der Waals surface area (Å²) in [6, 6.07) is 13.1. The van der Waals surface area contributed by atoms with Crippen molar-refractivity contribution >= 4 is 32.4 Å². The summed E-state index contributed by atoms with van der Waals surface area (Å²) >= 11 is 0. The highest BCUT2D eigenvalue weighted by molar-refractivity contribution is 7.92. The number of anilines is 1. The van der Waals surface area contributed by atoms with E-state index in [4.69, 9.17) is 5.21 Å². The van der Waals surface area contributed by atoms with E-state index in [1.807, 2.05) is 30.3 Å². The van der Waals surface area contributed by atoms with Gasteiger partial charge in [0.2, 0.25) is 15.9 Å². The number of amides is 1. The summed E-state index contributed by atoms with van der Waals surface area (Å²) < 4.78 is 26.5. The van der Waals surface area contributed by atoms with Crippen LogP contribution in [0.1, 0.15) is 19.3 Å². The molecule has 0 aliphatic heterocycles. The van der Waals surface area contributed by atoms with Gasteiger partial charge in [-0.3, -0.25) is 14.7 Å². The summed E-state index contributed by atoms with van der Waals surface area (Å²) in [6.45, 7) is 0. The normalized spacial score (nSPS) is 11.3. The zero-order valence-electron chi connectivity index (χ0n) is 12.0. The molecule has 0 aliphatic carbocycles. The van der Waals surface area contributed by atoms with Crippen LogP contribution in [0.25, 0.3) is 10.8 Å². The predicted octanol–water partition coefficient (Wildman–Crippen LogP) is 2.26. The number of hydrogen-bond donors (Lipinski definition) is 3. The van der Waals surface area contributed by atoms with Crippen molar-refractivity contribution in [1.29, 1.82) is 0 Å². The van der Waals surface area contributed by atoms with Crippen LogP contribution in [0, 0.1) is 0 Å². The van der Waals surface area contributed by atoms with Crippen LogP contribution in [0.3, 0.4) is 0 Å². The van der Waals surface area contributed by atoms with Gasteiger partial charge in [-0.2, -0.15) is 0 Å². The molecular formula is C15H18N2O4S. The van der Waals surface area contributed by atoms with Crippen molar-refractivity contribution in [3.63, 3.8) is 0 Å². The smallest absolute Gasteiger partial charge is 0.243 e. The number of carbonyl (C=O) groups is 1.